The van der Waals surface area contributed by atoms with E-state index in [1.807, 2.05) is 13.8 Å². The molecule has 0 amide bonds. The molecule has 0 spiro atoms. The van der Waals surface area contributed by atoms with Gasteiger partial charge in [0.1, 0.15) is 23.0 Å². The molecule has 3 atom stereocenters. The summed E-state index contributed by atoms with van der Waals surface area (Å²) in [5.41, 5.74) is 0.402. The lowest BCUT2D eigenvalue weighted by molar-refractivity contribution is -0.148. The molecule has 1 aromatic carbocycles. The number of ketones is 1. The Morgan fingerprint density at radius 3 is 1.90 bits per heavy atom. The molecule has 7 heteroatoms. The van der Waals surface area contributed by atoms with Gasteiger partial charge in [0.2, 0.25) is 0 Å². The number of benzene rings is 1. The molecule has 6 nitrogen and oxygen atoms in total. The van der Waals surface area contributed by atoms with Gasteiger partial charge in [-0.2, -0.15) is 0 Å². The molecule has 1 aromatic rings. The molecule has 0 aliphatic heterocycles. The highest BCUT2D eigenvalue weighted by Crippen LogP contribution is 2.34. The predicted octanol–water partition coefficient (Wildman–Crippen LogP) is 5.37. The molecule has 0 fully saturated rings. The number of hydrogen-bond acceptors (Lipinski definition) is 6. The Kier molecular flexibility index (Phi) is 12.5. The monoisotopic (exact) mass is 441 g/mol. The number of Topliss-reactive ketones (excluding diaryl/α,β-unsaturated/α-hetero) is 1. The summed E-state index contributed by atoms with van der Waals surface area (Å²) in [6, 6.07) is 5.15. The van der Waals surface area contributed by atoms with Crippen molar-refractivity contribution in [2.45, 2.75) is 54.4 Å². The fourth-order valence-corrected chi connectivity index (χ4v) is 3.46. The third-order valence-corrected chi connectivity index (χ3v) is 4.43. The van der Waals surface area contributed by atoms with Crippen molar-refractivity contribution in [1.29, 1.82) is 0 Å². The van der Waals surface area contributed by atoms with Gasteiger partial charge in [0.05, 0.1) is 20.8 Å². The lowest BCUT2D eigenvalue weighted by Crippen LogP contribution is -2.30. The van der Waals surface area contributed by atoms with Crippen LogP contribution in [0.5, 0.6) is 11.5 Å². The summed E-state index contributed by atoms with van der Waals surface area (Å²) < 4.78 is 24.4. The largest absolute Gasteiger partial charge is 0.496 e. The fourth-order valence-electron chi connectivity index (χ4n) is 3.46. The maximum absolute atomic E-state index is 13.4. The standard InChI is InChI=1S/C23H36O5.H2OP/c1-15(2)14-28-22(25)17(12-16(3)13-23(4,5)6)21(24)20-18(26-7)10-9-11-19(20)27-8;1-2/h9-11,15-17H,12-14H2,1-8H3;2H2/q;+1. The Morgan fingerprint density at radius 2 is 1.50 bits per heavy atom. The molecule has 30 heavy (non-hydrogen) atoms. The molecular formula is C23H38O6P+. The molecule has 0 N–H and O–H groups in total. The van der Waals surface area contributed by atoms with Crippen LogP contribution in [0.25, 0.3) is 0 Å². The van der Waals surface area contributed by atoms with Gasteiger partial charge in [-0.05, 0) is 42.2 Å². The first-order valence-corrected chi connectivity index (χ1v) is 10.6. The Hall–Kier alpha value is -1.94. The molecule has 0 aliphatic rings. The highest BCUT2D eigenvalue weighted by atomic mass is 31.0. The highest BCUT2D eigenvalue weighted by Gasteiger charge is 2.35. The first kappa shape index (κ1) is 28.1. The summed E-state index contributed by atoms with van der Waals surface area (Å²) in [7, 11) is 4.17. The van der Waals surface area contributed by atoms with Crippen LogP contribution in [-0.4, -0.2) is 32.6 Å². The van der Waals surface area contributed by atoms with Crippen molar-refractivity contribution in [2.24, 2.45) is 23.2 Å². The van der Waals surface area contributed by atoms with Crippen LogP contribution in [0.2, 0.25) is 0 Å². The van der Waals surface area contributed by atoms with E-state index in [1.165, 1.54) is 23.3 Å². The van der Waals surface area contributed by atoms with E-state index in [4.69, 9.17) is 18.8 Å². The van der Waals surface area contributed by atoms with E-state index in [0.717, 1.165) is 6.42 Å². The van der Waals surface area contributed by atoms with Gasteiger partial charge in [-0.1, -0.05) is 52.2 Å². The third kappa shape index (κ3) is 9.25. The molecule has 0 aromatic heterocycles. The van der Waals surface area contributed by atoms with Crippen LogP contribution >= 0.6 is 9.12 Å². The number of rotatable bonds is 10. The van der Waals surface area contributed by atoms with Gasteiger partial charge in [0.25, 0.3) is 0 Å². The number of hydrogen-bond donors (Lipinski definition) is 0. The van der Waals surface area contributed by atoms with Gasteiger partial charge >= 0.3 is 15.1 Å². The van der Waals surface area contributed by atoms with Gasteiger partial charge in [-0.3, -0.25) is 9.59 Å². The Balaban J connectivity index is 0.00000407. The normalized spacial score (nSPS) is 13.0. The molecule has 0 heterocycles. The zero-order chi connectivity index (χ0) is 23.5. The summed E-state index contributed by atoms with van der Waals surface area (Å²) in [5.74, 6) is -0.504. The number of methoxy groups -OCH3 is 2. The van der Waals surface area contributed by atoms with Gasteiger partial charge in [-0.15, -0.1) is 0 Å². The summed E-state index contributed by atoms with van der Waals surface area (Å²) in [6.07, 6.45) is 1.32. The molecular weight excluding hydrogens is 403 g/mol. The smallest absolute Gasteiger partial charge is 0.316 e. The number of esters is 1. The van der Waals surface area contributed by atoms with Crippen molar-refractivity contribution in [2.75, 3.05) is 20.8 Å². The van der Waals surface area contributed by atoms with Crippen molar-refractivity contribution in [3.63, 3.8) is 0 Å². The molecule has 0 aliphatic carbocycles. The second-order valence-corrected chi connectivity index (χ2v) is 9.08. The summed E-state index contributed by atoms with van der Waals surface area (Å²) in [6.45, 7) is 12.8. The van der Waals surface area contributed by atoms with E-state index in [2.05, 4.69) is 27.7 Å². The number of carbonyl (C=O) groups excluding carboxylic acids is 2. The SMILES string of the molecule is COc1cccc(OC)c1C(=O)C(CC(C)CC(C)(C)C)C(=O)OCC(C)C.O=[PH2+]. The number of carbonyl (C=O) groups is 2. The van der Waals surface area contributed by atoms with Gasteiger partial charge < -0.3 is 14.2 Å². The summed E-state index contributed by atoms with van der Waals surface area (Å²) >= 11 is 0. The highest BCUT2D eigenvalue weighted by molar-refractivity contribution is 7.00. The van der Waals surface area contributed by atoms with E-state index < -0.39 is 11.9 Å². The molecule has 0 saturated heterocycles. The topological polar surface area (TPSA) is 78.9 Å². The number of ether oxygens (including phenoxy) is 3. The second-order valence-electron chi connectivity index (χ2n) is 9.08. The Bertz CT molecular complexity index is 659. The molecule has 0 saturated carbocycles. The zero-order valence-electron chi connectivity index (χ0n) is 19.6. The Labute approximate surface area is 183 Å². The van der Waals surface area contributed by atoms with Gasteiger partial charge in [0, 0.05) is 0 Å². The van der Waals surface area contributed by atoms with Crippen LogP contribution in [-0.2, 0) is 14.1 Å². The molecule has 170 valence electrons. The quantitative estimate of drug-likeness (QED) is 0.210. The first-order chi connectivity index (χ1) is 14.0. The fraction of sp³-hybridized carbons (Fsp3) is 0.652. The van der Waals surface area contributed by atoms with Crippen molar-refractivity contribution in [3.05, 3.63) is 23.8 Å². The van der Waals surface area contributed by atoms with Gasteiger partial charge in [0.15, 0.2) is 5.78 Å². The van der Waals surface area contributed by atoms with Crippen LogP contribution in [0, 0.1) is 23.2 Å². The van der Waals surface area contributed by atoms with E-state index in [1.54, 1.807) is 18.2 Å². The molecule has 0 bridgehead atoms. The maximum atomic E-state index is 13.4. The van der Waals surface area contributed by atoms with Crippen molar-refractivity contribution in [1.82, 2.24) is 0 Å². The van der Waals surface area contributed by atoms with Crippen LogP contribution in [0.4, 0.5) is 0 Å². The average Bonchev–Trinajstić information content (AvgIpc) is 2.69. The van der Waals surface area contributed by atoms with Crippen molar-refractivity contribution >= 4 is 20.9 Å². The molecule has 0 radical (unpaired) electrons. The molecule has 1 rings (SSSR count). The second kappa shape index (κ2) is 13.4. The first-order valence-electron chi connectivity index (χ1n) is 10.2. The Morgan fingerprint density at radius 1 is 1.00 bits per heavy atom. The summed E-state index contributed by atoms with van der Waals surface area (Å²) in [5, 5.41) is 0. The minimum atomic E-state index is -0.888. The average molecular weight is 442 g/mol. The maximum Gasteiger partial charge on any atom is 0.316 e. The van der Waals surface area contributed by atoms with Crippen molar-refractivity contribution < 1.29 is 28.4 Å². The minimum Gasteiger partial charge on any atom is -0.496 e. The van der Waals surface area contributed by atoms with Crippen LogP contribution in [0.1, 0.15) is 64.7 Å². The van der Waals surface area contributed by atoms with Crippen molar-refractivity contribution in [3.8, 4) is 11.5 Å². The van der Waals surface area contributed by atoms with E-state index in [0.29, 0.717) is 30.1 Å². The minimum absolute atomic E-state index is 0.108. The van der Waals surface area contributed by atoms with E-state index in [-0.39, 0.29) is 23.0 Å². The lowest BCUT2D eigenvalue weighted by Gasteiger charge is -2.26. The summed E-state index contributed by atoms with van der Waals surface area (Å²) in [4.78, 5) is 26.3. The molecule has 3 unspecified atom stereocenters. The van der Waals surface area contributed by atoms with Gasteiger partial charge in [-0.25, -0.2) is 0 Å². The third-order valence-electron chi connectivity index (χ3n) is 4.43. The van der Waals surface area contributed by atoms with E-state index in [9.17, 15) is 9.59 Å². The van der Waals surface area contributed by atoms with Crippen LogP contribution < -0.4 is 9.47 Å². The predicted molar refractivity (Wildman–Crippen MR) is 121 cm³/mol. The van der Waals surface area contributed by atoms with Crippen LogP contribution in [0.15, 0.2) is 18.2 Å². The lowest BCUT2D eigenvalue weighted by atomic mass is 9.80. The van der Waals surface area contributed by atoms with E-state index >= 15 is 0 Å². The zero-order valence-corrected chi connectivity index (χ0v) is 20.8. The van der Waals surface area contributed by atoms with Crippen LogP contribution in [0.3, 0.4) is 0 Å².